The molecule has 144 valence electrons. The van der Waals surface area contributed by atoms with Crippen molar-refractivity contribution in [2.45, 2.75) is 36.8 Å². The summed E-state index contributed by atoms with van der Waals surface area (Å²) in [5, 5.41) is 9.07. The van der Waals surface area contributed by atoms with E-state index in [-0.39, 0.29) is 24.0 Å². The first-order valence-corrected chi connectivity index (χ1v) is 10.3. The Morgan fingerprint density at radius 1 is 1.19 bits per heavy atom. The molecule has 2 aromatic rings. The number of ether oxygens (including phenoxy) is 2. The topological polar surface area (TPSA) is 77.7 Å². The van der Waals surface area contributed by atoms with Crippen LogP contribution in [0.2, 0.25) is 5.02 Å². The van der Waals surface area contributed by atoms with E-state index in [4.69, 9.17) is 25.5 Å². The van der Waals surface area contributed by atoms with Gasteiger partial charge in [0.15, 0.2) is 6.29 Å². The molecule has 0 radical (unpaired) electrons. The van der Waals surface area contributed by atoms with Gasteiger partial charge in [-0.1, -0.05) is 23.4 Å². The molecule has 0 spiro atoms. The van der Waals surface area contributed by atoms with Crippen LogP contribution in [-0.4, -0.2) is 58.8 Å². The summed E-state index contributed by atoms with van der Waals surface area (Å²) in [7, 11) is 0. The Labute approximate surface area is 166 Å². The number of thioether (sulfide) groups is 1. The number of amides is 1. The lowest BCUT2D eigenvalue weighted by Crippen LogP contribution is -2.50. The Morgan fingerprint density at radius 2 is 1.96 bits per heavy atom. The molecule has 0 N–H and O–H groups in total. The Morgan fingerprint density at radius 3 is 2.74 bits per heavy atom. The van der Waals surface area contributed by atoms with Crippen molar-refractivity contribution < 1.29 is 18.7 Å². The first-order chi connectivity index (χ1) is 13.2. The summed E-state index contributed by atoms with van der Waals surface area (Å²) < 4.78 is 16.9. The van der Waals surface area contributed by atoms with Crippen LogP contribution in [-0.2, 0) is 14.3 Å². The highest BCUT2D eigenvalue weighted by atomic mass is 35.5. The highest BCUT2D eigenvalue weighted by Gasteiger charge is 2.36. The van der Waals surface area contributed by atoms with E-state index in [1.54, 1.807) is 12.1 Å². The van der Waals surface area contributed by atoms with Gasteiger partial charge >= 0.3 is 0 Å². The van der Waals surface area contributed by atoms with Gasteiger partial charge in [0.25, 0.3) is 5.22 Å². The summed E-state index contributed by atoms with van der Waals surface area (Å²) in [5.41, 5.74) is 0.789. The molecule has 7 nitrogen and oxygen atoms in total. The number of aromatic nitrogens is 2. The highest BCUT2D eigenvalue weighted by molar-refractivity contribution is 7.99. The maximum atomic E-state index is 12.7. The SMILES string of the molecule is O=C(CSc1nnc(-c2ccc(Cl)cc2)o1)N1CCCCC1C1OCCO1. The van der Waals surface area contributed by atoms with E-state index >= 15 is 0 Å². The molecule has 4 rings (SSSR count). The fourth-order valence-electron chi connectivity index (χ4n) is 3.33. The number of hydrogen-bond acceptors (Lipinski definition) is 7. The summed E-state index contributed by atoms with van der Waals surface area (Å²) >= 11 is 7.14. The third kappa shape index (κ3) is 4.45. The van der Waals surface area contributed by atoms with Crippen LogP contribution in [0.4, 0.5) is 0 Å². The van der Waals surface area contributed by atoms with Crippen molar-refractivity contribution in [3.05, 3.63) is 29.3 Å². The van der Waals surface area contributed by atoms with Gasteiger partial charge in [0.05, 0.1) is 25.0 Å². The molecule has 1 aromatic heterocycles. The lowest BCUT2D eigenvalue weighted by molar-refractivity contribution is -0.148. The van der Waals surface area contributed by atoms with Gasteiger partial charge in [-0.3, -0.25) is 4.79 Å². The van der Waals surface area contributed by atoms with Crippen LogP contribution in [0.3, 0.4) is 0 Å². The van der Waals surface area contributed by atoms with E-state index in [0.717, 1.165) is 31.4 Å². The van der Waals surface area contributed by atoms with Crippen molar-refractivity contribution in [1.29, 1.82) is 0 Å². The summed E-state index contributed by atoms with van der Waals surface area (Å²) in [6.45, 7) is 1.91. The van der Waals surface area contributed by atoms with Gasteiger partial charge in [0, 0.05) is 17.1 Å². The number of hydrogen-bond donors (Lipinski definition) is 0. The normalized spacial score (nSPS) is 20.9. The number of nitrogens with zero attached hydrogens (tertiary/aromatic N) is 3. The maximum absolute atomic E-state index is 12.7. The Balaban J connectivity index is 1.36. The summed E-state index contributed by atoms with van der Waals surface area (Å²) in [5.74, 6) is 0.686. The summed E-state index contributed by atoms with van der Waals surface area (Å²) in [6, 6.07) is 7.15. The predicted octanol–water partition coefficient (Wildman–Crippen LogP) is 3.24. The second-order valence-corrected chi connectivity index (χ2v) is 7.79. The largest absolute Gasteiger partial charge is 0.411 e. The Hall–Kier alpha value is -1.61. The van der Waals surface area contributed by atoms with Crippen LogP contribution in [0.5, 0.6) is 0 Å². The molecular formula is C18H20ClN3O4S. The number of rotatable bonds is 5. The van der Waals surface area contributed by atoms with Gasteiger partial charge in [-0.15, -0.1) is 10.2 Å². The molecule has 0 saturated carbocycles. The smallest absolute Gasteiger partial charge is 0.277 e. The summed E-state index contributed by atoms with van der Waals surface area (Å²) in [6.07, 6.45) is 2.68. The molecule has 0 aliphatic carbocycles. The van der Waals surface area contributed by atoms with Crippen molar-refractivity contribution in [2.75, 3.05) is 25.5 Å². The molecule has 1 atom stereocenters. The van der Waals surface area contributed by atoms with Crippen molar-refractivity contribution in [2.24, 2.45) is 0 Å². The average molecular weight is 410 g/mol. The van der Waals surface area contributed by atoms with Crippen molar-refractivity contribution in [1.82, 2.24) is 15.1 Å². The lowest BCUT2D eigenvalue weighted by atomic mass is 10.0. The number of likely N-dealkylation sites (tertiary alicyclic amines) is 1. The molecule has 27 heavy (non-hydrogen) atoms. The fraction of sp³-hybridized carbons (Fsp3) is 0.500. The minimum absolute atomic E-state index is 0.0123. The molecule has 3 heterocycles. The van der Waals surface area contributed by atoms with Gasteiger partial charge in [-0.05, 0) is 43.5 Å². The molecule has 1 aromatic carbocycles. The molecule has 9 heteroatoms. The quantitative estimate of drug-likeness (QED) is 0.701. The van der Waals surface area contributed by atoms with Crippen LogP contribution in [0.25, 0.3) is 11.5 Å². The zero-order valence-electron chi connectivity index (χ0n) is 14.7. The molecule has 1 unspecified atom stereocenters. The Kier molecular flexibility index (Phi) is 5.97. The maximum Gasteiger partial charge on any atom is 0.277 e. The molecule has 2 saturated heterocycles. The second-order valence-electron chi connectivity index (χ2n) is 6.43. The van der Waals surface area contributed by atoms with E-state index in [0.29, 0.717) is 29.3 Å². The van der Waals surface area contributed by atoms with Gasteiger partial charge in [-0.25, -0.2) is 0 Å². The molecule has 2 aliphatic heterocycles. The first-order valence-electron chi connectivity index (χ1n) is 8.95. The molecule has 2 fully saturated rings. The van der Waals surface area contributed by atoms with Gasteiger partial charge in [0.2, 0.25) is 11.8 Å². The van der Waals surface area contributed by atoms with E-state index < -0.39 is 0 Å². The molecule has 1 amide bonds. The monoisotopic (exact) mass is 409 g/mol. The van der Waals surface area contributed by atoms with Gasteiger partial charge in [0.1, 0.15) is 0 Å². The average Bonchev–Trinajstić information content (AvgIpc) is 3.39. The molecule has 2 aliphatic rings. The van der Waals surface area contributed by atoms with E-state index in [9.17, 15) is 4.79 Å². The summed E-state index contributed by atoms with van der Waals surface area (Å²) in [4.78, 5) is 14.6. The number of halogens is 1. The third-order valence-electron chi connectivity index (χ3n) is 4.65. The van der Waals surface area contributed by atoms with E-state index in [1.165, 1.54) is 11.8 Å². The highest BCUT2D eigenvalue weighted by Crippen LogP contribution is 2.27. The van der Waals surface area contributed by atoms with Crippen LogP contribution < -0.4 is 0 Å². The standard InChI is InChI=1S/C18H20ClN3O4S/c19-13-6-4-12(5-7-13)16-20-21-18(26-16)27-11-15(23)22-8-2-1-3-14(22)17-24-9-10-25-17/h4-7,14,17H,1-3,8-11H2. The van der Waals surface area contributed by atoms with Gasteiger partial charge < -0.3 is 18.8 Å². The fourth-order valence-corrected chi connectivity index (χ4v) is 4.11. The van der Waals surface area contributed by atoms with Crippen molar-refractivity contribution in [3.63, 3.8) is 0 Å². The number of carbonyl (C=O) groups excluding carboxylic acids is 1. The van der Waals surface area contributed by atoms with Crippen LogP contribution in [0.1, 0.15) is 19.3 Å². The Bertz CT molecular complexity index is 779. The zero-order chi connectivity index (χ0) is 18.6. The van der Waals surface area contributed by atoms with Crippen molar-refractivity contribution in [3.8, 4) is 11.5 Å². The van der Waals surface area contributed by atoms with E-state index in [1.807, 2.05) is 17.0 Å². The van der Waals surface area contributed by atoms with Crippen LogP contribution in [0, 0.1) is 0 Å². The van der Waals surface area contributed by atoms with E-state index in [2.05, 4.69) is 10.2 Å². The predicted molar refractivity (Wildman–Crippen MR) is 101 cm³/mol. The first kappa shape index (κ1) is 18.7. The lowest BCUT2D eigenvalue weighted by Gasteiger charge is -2.37. The third-order valence-corrected chi connectivity index (χ3v) is 5.70. The molecular weight excluding hydrogens is 390 g/mol. The number of carbonyl (C=O) groups is 1. The van der Waals surface area contributed by atoms with Crippen LogP contribution in [0.15, 0.2) is 33.9 Å². The number of benzene rings is 1. The minimum Gasteiger partial charge on any atom is -0.411 e. The second kappa shape index (κ2) is 8.60. The zero-order valence-corrected chi connectivity index (χ0v) is 16.2. The molecule has 0 bridgehead atoms. The van der Waals surface area contributed by atoms with Crippen LogP contribution >= 0.6 is 23.4 Å². The van der Waals surface area contributed by atoms with Crippen molar-refractivity contribution >= 4 is 29.3 Å². The van der Waals surface area contributed by atoms with Gasteiger partial charge in [-0.2, -0.15) is 0 Å². The number of piperidine rings is 1. The minimum atomic E-state index is -0.306.